The summed E-state index contributed by atoms with van der Waals surface area (Å²) in [4.78, 5) is 0. The van der Waals surface area contributed by atoms with Crippen molar-refractivity contribution in [2.75, 3.05) is 0 Å². The second-order valence-corrected chi connectivity index (χ2v) is 1.98. The second kappa shape index (κ2) is 3.53. The van der Waals surface area contributed by atoms with Gasteiger partial charge in [0.25, 0.3) is 5.29 Å². The summed E-state index contributed by atoms with van der Waals surface area (Å²) in [6.45, 7) is 0. The minimum Gasteiger partial charge on any atom is -0.203 e. The summed E-state index contributed by atoms with van der Waals surface area (Å²) in [7, 11) is 0. The summed E-state index contributed by atoms with van der Waals surface area (Å²) >= 11 is 15.9. The van der Waals surface area contributed by atoms with Crippen molar-refractivity contribution in [1.82, 2.24) is 14.7 Å². The first kappa shape index (κ1) is 9.39. The zero-order valence-corrected chi connectivity index (χ0v) is 6.97. The molecule has 1 aliphatic heterocycles. The maximum atomic E-state index is 5.32. The third-order valence-electron chi connectivity index (χ3n) is 0.531. The fourth-order valence-corrected chi connectivity index (χ4v) is 0.569. The molecule has 0 spiro atoms. The van der Waals surface area contributed by atoms with Crippen molar-refractivity contribution in [3.63, 3.8) is 0 Å². The summed E-state index contributed by atoms with van der Waals surface area (Å²) in [6, 6.07) is 0. The van der Waals surface area contributed by atoms with E-state index < -0.39 is 0 Å². The smallest absolute Gasteiger partial charge is 0.203 e. The Bertz CT molecular complexity index is 124. The van der Waals surface area contributed by atoms with Gasteiger partial charge >= 0.3 is 0 Å². The highest BCUT2D eigenvalue weighted by molar-refractivity contribution is 6.67. The SMILES string of the molecule is Cl.ClC1=NNN(Cl)N1Cl. The molecule has 1 aliphatic rings. The highest BCUT2D eigenvalue weighted by Gasteiger charge is 2.19. The van der Waals surface area contributed by atoms with Crippen molar-refractivity contribution >= 4 is 52.9 Å². The number of rotatable bonds is 0. The van der Waals surface area contributed by atoms with Crippen molar-refractivity contribution in [2.45, 2.75) is 0 Å². The molecule has 1 heterocycles. The Labute approximate surface area is 72.9 Å². The van der Waals surface area contributed by atoms with E-state index in [1.54, 1.807) is 0 Å². The van der Waals surface area contributed by atoms with E-state index in [1.807, 2.05) is 0 Å². The van der Waals surface area contributed by atoms with Crippen molar-refractivity contribution < 1.29 is 0 Å². The molecule has 0 aromatic rings. The van der Waals surface area contributed by atoms with E-state index in [9.17, 15) is 0 Å². The van der Waals surface area contributed by atoms with Gasteiger partial charge in [-0.25, -0.2) is 5.53 Å². The summed E-state index contributed by atoms with van der Waals surface area (Å²) in [5.41, 5.74) is 2.27. The normalized spacial score (nSPS) is 18.6. The van der Waals surface area contributed by atoms with Crippen LogP contribution in [0.25, 0.3) is 0 Å². The standard InChI is InChI=1S/CHCl3N4.ClH/c2-1-5-6-8(4)7(1)3;/h6H;1H. The Morgan fingerprint density at radius 1 is 1.44 bits per heavy atom. The lowest BCUT2D eigenvalue weighted by Gasteiger charge is -2.09. The minimum atomic E-state index is 0. The molecule has 0 radical (unpaired) electrons. The molecular weight excluding hydrogens is 210 g/mol. The van der Waals surface area contributed by atoms with E-state index in [0.717, 1.165) is 9.16 Å². The summed E-state index contributed by atoms with van der Waals surface area (Å²) < 4.78 is 1.83. The van der Waals surface area contributed by atoms with Gasteiger partial charge in [-0.2, -0.15) is 0 Å². The largest absolute Gasteiger partial charge is 0.250 e. The first-order chi connectivity index (χ1) is 3.72. The summed E-state index contributed by atoms with van der Waals surface area (Å²) in [6.07, 6.45) is 0. The maximum absolute atomic E-state index is 5.32. The molecule has 1 rings (SSSR count). The molecule has 0 amide bonds. The van der Waals surface area contributed by atoms with Crippen LogP contribution in [0.5, 0.6) is 0 Å². The Morgan fingerprint density at radius 3 is 2.11 bits per heavy atom. The van der Waals surface area contributed by atoms with Gasteiger partial charge in [-0.15, -0.1) is 22.0 Å². The zero-order chi connectivity index (χ0) is 6.15. The molecule has 4 nitrogen and oxygen atoms in total. The topological polar surface area (TPSA) is 30.9 Å². The van der Waals surface area contributed by atoms with Gasteiger partial charge in [-0.3, -0.25) is 0 Å². The van der Waals surface area contributed by atoms with Crippen LogP contribution in [0.15, 0.2) is 5.10 Å². The predicted molar refractivity (Wildman–Crippen MR) is 39.1 cm³/mol. The van der Waals surface area contributed by atoms with E-state index in [2.05, 4.69) is 10.6 Å². The molecule has 0 fully saturated rings. The number of hydrazine groups is 2. The van der Waals surface area contributed by atoms with E-state index >= 15 is 0 Å². The Kier molecular flexibility index (Phi) is 3.68. The fourth-order valence-electron chi connectivity index (χ4n) is 0.235. The van der Waals surface area contributed by atoms with Crippen LogP contribution in [-0.4, -0.2) is 14.5 Å². The van der Waals surface area contributed by atoms with Crippen LogP contribution in [-0.2, 0) is 0 Å². The first-order valence-corrected chi connectivity index (χ1v) is 2.68. The molecule has 0 aromatic carbocycles. The van der Waals surface area contributed by atoms with E-state index in [4.69, 9.17) is 35.2 Å². The highest BCUT2D eigenvalue weighted by atomic mass is 35.5. The van der Waals surface area contributed by atoms with Gasteiger partial charge in [0, 0.05) is 23.6 Å². The molecule has 8 heteroatoms. The number of halogens is 4. The van der Waals surface area contributed by atoms with Gasteiger partial charge in [0.1, 0.15) is 0 Å². The fraction of sp³-hybridized carbons (Fsp3) is 0. The lowest BCUT2D eigenvalue weighted by Crippen LogP contribution is -2.29. The monoisotopic (exact) mass is 210 g/mol. The van der Waals surface area contributed by atoms with Crippen LogP contribution in [0.2, 0.25) is 0 Å². The highest BCUT2D eigenvalue weighted by Crippen LogP contribution is 2.11. The molecule has 0 bridgehead atoms. The lowest BCUT2D eigenvalue weighted by molar-refractivity contribution is 0.229. The number of hydrogen-bond acceptors (Lipinski definition) is 4. The van der Waals surface area contributed by atoms with E-state index in [-0.39, 0.29) is 17.7 Å². The Balaban J connectivity index is 0.000000640. The van der Waals surface area contributed by atoms with Crippen LogP contribution in [0.1, 0.15) is 0 Å². The van der Waals surface area contributed by atoms with Gasteiger partial charge in [0.2, 0.25) is 0 Å². The average Bonchev–Trinajstić information content (AvgIpc) is 1.98. The molecule has 1 N–H and O–H groups in total. The Hall–Kier alpha value is 0.390. The third-order valence-corrected chi connectivity index (χ3v) is 1.48. The van der Waals surface area contributed by atoms with Crippen molar-refractivity contribution in [1.29, 1.82) is 0 Å². The number of nitrogens with zero attached hydrogens (tertiary/aromatic N) is 3. The summed E-state index contributed by atoms with van der Waals surface area (Å²) in [5.74, 6) is 0. The van der Waals surface area contributed by atoms with Crippen LogP contribution in [0.4, 0.5) is 0 Å². The van der Waals surface area contributed by atoms with Crippen molar-refractivity contribution in [2.24, 2.45) is 5.10 Å². The van der Waals surface area contributed by atoms with Crippen molar-refractivity contribution in [3.05, 3.63) is 0 Å². The molecule has 0 aliphatic carbocycles. The Morgan fingerprint density at radius 2 is 2.00 bits per heavy atom. The first-order valence-electron chi connectivity index (χ1n) is 1.62. The zero-order valence-electron chi connectivity index (χ0n) is 3.88. The molecule has 0 aromatic heterocycles. The van der Waals surface area contributed by atoms with Gasteiger partial charge in [-0.05, 0) is 16.2 Å². The molecule has 54 valence electrons. The number of amidine groups is 1. The maximum Gasteiger partial charge on any atom is 0.250 e. The molecule has 0 saturated carbocycles. The lowest BCUT2D eigenvalue weighted by atomic mass is 11.3. The average molecular weight is 212 g/mol. The van der Waals surface area contributed by atoms with Crippen LogP contribution >= 0.6 is 47.6 Å². The second-order valence-electron chi connectivity index (χ2n) is 1.00. The van der Waals surface area contributed by atoms with Crippen LogP contribution in [0, 0.1) is 0 Å². The number of hydrogen-bond donors (Lipinski definition) is 1. The van der Waals surface area contributed by atoms with Crippen molar-refractivity contribution in [3.8, 4) is 0 Å². The van der Waals surface area contributed by atoms with Crippen LogP contribution < -0.4 is 5.53 Å². The molecule has 0 atom stereocenters. The number of hydrazone groups is 1. The third kappa shape index (κ3) is 1.91. The molecule has 0 saturated heterocycles. The van der Waals surface area contributed by atoms with Crippen LogP contribution in [0.3, 0.4) is 0 Å². The molecule has 0 unspecified atom stereocenters. The van der Waals surface area contributed by atoms with Gasteiger partial charge in [0.15, 0.2) is 0 Å². The van der Waals surface area contributed by atoms with E-state index in [0.29, 0.717) is 0 Å². The molecule has 9 heavy (non-hydrogen) atoms. The van der Waals surface area contributed by atoms with Gasteiger partial charge < -0.3 is 0 Å². The number of nitrogens with one attached hydrogen (secondary N) is 1. The summed E-state index contributed by atoms with van der Waals surface area (Å²) in [5, 5.41) is 3.50. The predicted octanol–water partition coefficient (Wildman–Crippen LogP) is 1.26. The van der Waals surface area contributed by atoms with Gasteiger partial charge in [-0.1, -0.05) is 0 Å². The van der Waals surface area contributed by atoms with E-state index in [1.165, 1.54) is 0 Å². The quantitative estimate of drug-likeness (QED) is 0.484. The minimum absolute atomic E-state index is 0. The molecular formula is CH2Cl4N4. The van der Waals surface area contributed by atoms with Gasteiger partial charge in [0.05, 0.1) is 0 Å².